The maximum Gasteiger partial charge on any atom is 0.247 e. The molecule has 1 aliphatic carbocycles. The maximum absolute atomic E-state index is 5.93. The Balaban J connectivity index is 1.44. The fourth-order valence-electron chi connectivity index (χ4n) is 3.89. The van der Waals surface area contributed by atoms with Crippen molar-refractivity contribution in [1.29, 1.82) is 0 Å². The summed E-state index contributed by atoms with van der Waals surface area (Å²) in [5.41, 5.74) is 6.15. The van der Waals surface area contributed by atoms with Crippen LogP contribution in [0, 0.1) is 6.92 Å². The number of nitrogens with zero attached hydrogens (tertiary/aromatic N) is 2. The maximum atomic E-state index is 5.93. The molecule has 0 saturated heterocycles. The summed E-state index contributed by atoms with van der Waals surface area (Å²) in [5.74, 6) is 1.15. The van der Waals surface area contributed by atoms with Crippen molar-refractivity contribution in [2.24, 2.45) is 0 Å². The monoisotopic (exact) mass is 355 g/mol. The van der Waals surface area contributed by atoms with Crippen molar-refractivity contribution >= 4 is 16.5 Å². The van der Waals surface area contributed by atoms with E-state index < -0.39 is 0 Å². The van der Waals surface area contributed by atoms with Gasteiger partial charge in [-0.25, -0.2) is 0 Å². The Kier molecular flexibility index (Phi) is 3.71. The molecule has 134 valence electrons. The van der Waals surface area contributed by atoms with Crippen LogP contribution in [0.15, 0.2) is 59.0 Å². The standard InChI is InChI=1S/C23H21N3O/c1-14-6-8-18(9-7-14)23-26-25-22(27-23)15(2)24-20-13-12-17-11-10-16-4-3-5-19(20)21(16)17/h3-9,12-13,15,24H,10-11H2,1-2H3. The van der Waals surface area contributed by atoms with E-state index in [1.165, 1.54) is 27.5 Å². The number of rotatable bonds is 4. The van der Waals surface area contributed by atoms with Gasteiger partial charge in [0, 0.05) is 16.6 Å². The van der Waals surface area contributed by atoms with Crippen molar-refractivity contribution in [3.63, 3.8) is 0 Å². The van der Waals surface area contributed by atoms with E-state index in [0.29, 0.717) is 11.8 Å². The molecule has 1 N–H and O–H groups in total. The molecule has 0 spiro atoms. The lowest BCUT2D eigenvalue weighted by Gasteiger charge is -2.15. The highest BCUT2D eigenvalue weighted by atomic mass is 16.4. The number of hydrogen-bond acceptors (Lipinski definition) is 4. The molecule has 0 bridgehead atoms. The second-order valence-corrected chi connectivity index (χ2v) is 7.29. The van der Waals surface area contributed by atoms with Crippen LogP contribution >= 0.6 is 0 Å². The zero-order valence-electron chi connectivity index (χ0n) is 15.5. The molecule has 5 rings (SSSR count). The molecule has 4 aromatic rings. The first-order valence-corrected chi connectivity index (χ1v) is 9.39. The average Bonchev–Trinajstić information content (AvgIpc) is 3.33. The van der Waals surface area contributed by atoms with Gasteiger partial charge >= 0.3 is 0 Å². The molecule has 4 heteroatoms. The summed E-state index contributed by atoms with van der Waals surface area (Å²) in [5, 5.41) is 14.7. The quantitative estimate of drug-likeness (QED) is 0.527. The van der Waals surface area contributed by atoms with Crippen LogP contribution < -0.4 is 5.32 Å². The molecule has 0 saturated carbocycles. The predicted molar refractivity (Wildman–Crippen MR) is 108 cm³/mol. The van der Waals surface area contributed by atoms with Crippen molar-refractivity contribution in [2.45, 2.75) is 32.7 Å². The van der Waals surface area contributed by atoms with E-state index in [0.717, 1.165) is 24.1 Å². The summed E-state index contributed by atoms with van der Waals surface area (Å²) in [6.07, 6.45) is 2.27. The highest BCUT2D eigenvalue weighted by Gasteiger charge is 2.19. The molecule has 1 atom stereocenters. The van der Waals surface area contributed by atoms with Crippen LogP contribution in [0.25, 0.3) is 22.2 Å². The lowest BCUT2D eigenvalue weighted by Crippen LogP contribution is -2.07. The zero-order valence-corrected chi connectivity index (χ0v) is 15.5. The minimum atomic E-state index is -0.0739. The molecule has 1 unspecified atom stereocenters. The van der Waals surface area contributed by atoms with Crippen molar-refractivity contribution in [3.8, 4) is 11.5 Å². The Hall–Kier alpha value is -3.14. The van der Waals surface area contributed by atoms with Gasteiger partial charge in [0.05, 0.1) is 0 Å². The van der Waals surface area contributed by atoms with E-state index in [4.69, 9.17) is 4.42 Å². The minimum absolute atomic E-state index is 0.0739. The number of benzene rings is 3. The third-order valence-electron chi connectivity index (χ3n) is 5.36. The molecule has 1 aliphatic rings. The SMILES string of the molecule is Cc1ccc(-c2nnc(C(C)Nc3ccc4c5c(cccc35)CC4)o2)cc1. The number of hydrogen-bond donors (Lipinski definition) is 1. The van der Waals surface area contributed by atoms with Gasteiger partial charge in [0.2, 0.25) is 11.8 Å². The van der Waals surface area contributed by atoms with Crippen molar-refractivity contribution in [3.05, 3.63) is 77.2 Å². The van der Waals surface area contributed by atoms with Gasteiger partial charge in [0.15, 0.2) is 0 Å². The van der Waals surface area contributed by atoms with E-state index in [1.807, 2.05) is 24.3 Å². The second-order valence-electron chi connectivity index (χ2n) is 7.29. The van der Waals surface area contributed by atoms with Crippen LogP contribution in [0.1, 0.15) is 35.5 Å². The number of aromatic nitrogens is 2. The molecule has 0 amide bonds. The Bertz CT molecular complexity index is 1120. The summed E-state index contributed by atoms with van der Waals surface area (Å²) in [6, 6.07) is 19.0. The Morgan fingerprint density at radius 3 is 2.52 bits per heavy atom. The molecule has 0 radical (unpaired) electrons. The van der Waals surface area contributed by atoms with Gasteiger partial charge < -0.3 is 9.73 Å². The van der Waals surface area contributed by atoms with Crippen molar-refractivity contribution in [1.82, 2.24) is 10.2 Å². The van der Waals surface area contributed by atoms with Gasteiger partial charge in [-0.15, -0.1) is 10.2 Å². The van der Waals surface area contributed by atoms with Crippen molar-refractivity contribution in [2.75, 3.05) is 5.32 Å². The molecule has 1 heterocycles. The van der Waals surface area contributed by atoms with Crippen LogP contribution in [0.4, 0.5) is 5.69 Å². The molecule has 1 aromatic heterocycles. The summed E-state index contributed by atoms with van der Waals surface area (Å²) in [4.78, 5) is 0. The second kappa shape index (κ2) is 6.23. The Morgan fingerprint density at radius 1 is 0.926 bits per heavy atom. The third-order valence-corrected chi connectivity index (χ3v) is 5.36. The molecule has 0 aliphatic heterocycles. The number of anilines is 1. The van der Waals surface area contributed by atoms with E-state index in [1.54, 1.807) is 0 Å². The zero-order chi connectivity index (χ0) is 18.4. The van der Waals surface area contributed by atoms with E-state index in [2.05, 4.69) is 59.7 Å². The minimum Gasteiger partial charge on any atom is -0.418 e. The van der Waals surface area contributed by atoms with Crippen LogP contribution in [0.5, 0.6) is 0 Å². The van der Waals surface area contributed by atoms with Crippen LogP contribution in [-0.2, 0) is 12.8 Å². The number of aryl methyl sites for hydroxylation is 3. The van der Waals surface area contributed by atoms with Crippen molar-refractivity contribution < 1.29 is 4.42 Å². The first-order valence-electron chi connectivity index (χ1n) is 9.39. The topological polar surface area (TPSA) is 51.0 Å². The molecular weight excluding hydrogens is 334 g/mol. The number of nitrogens with one attached hydrogen (secondary N) is 1. The van der Waals surface area contributed by atoms with Gasteiger partial charge in [0.25, 0.3) is 0 Å². The summed E-state index contributed by atoms with van der Waals surface area (Å²) < 4.78 is 5.93. The Labute approximate surface area is 158 Å². The van der Waals surface area contributed by atoms with Gasteiger partial charge in [-0.1, -0.05) is 42.0 Å². The molecule has 27 heavy (non-hydrogen) atoms. The predicted octanol–water partition coefficient (Wildman–Crippen LogP) is 5.47. The van der Waals surface area contributed by atoms with E-state index >= 15 is 0 Å². The Morgan fingerprint density at radius 2 is 1.70 bits per heavy atom. The summed E-state index contributed by atoms with van der Waals surface area (Å²) in [7, 11) is 0. The summed E-state index contributed by atoms with van der Waals surface area (Å²) in [6.45, 7) is 4.11. The summed E-state index contributed by atoms with van der Waals surface area (Å²) >= 11 is 0. The molecule has 3 aromatic carbocycles. The van der Waals surface area contributed by atoms with E-state index in [9.17, 15) is 0 Å². The molecule has 0 fully saturated rings. The highest BCUT2D eigenvalue weighted by molar-refractivity contribution is 5.99. The van der Waals surface area contributed by atoms with Gasteiger partial charge in [-0.3, -0.25) is 0 Å². The normalized spacial score (nSPS) is 13.9. The fraction of sp³-hybridized carbons (Fsp3) is 0.217. The molecule has 4 nitrogen and oxygen atoms in total. The van der Waals surface area contributed by atoms with Crippen LogP contribution in [-0.4, -0.2) is 10.2 Å². The average molecular weight is 355 g/mol. The largest absolute Gasteiger partial charge is 0.418 e. The van der Waals surface area contributed by atoms with Gasteiger partial charge in [-0.05, 0) is 61.4 Å². The van der Waals surface area contributed by atoms with Gasteiger partial charge in [0.1, 0.15) is 6.04 Å². The first kappa shape index (κ1) is 16.1. The van der Waals surface area contributed by atoms with E-state index in [-0.39, 0.29) is 6.04 Å². The third kappa shape index (κ3) is 2.78. The van der Waals surface area contributed by atoms with Gasteiger partial charge in [-0.2, -0.15) is 0 Å². The molecular formula is C23H21N3O. The fourth-order valence-corrected chi connectivity index (χ4v) is 3.89. The van der Waals surface area contributed by atoms with Crippen LogP contribution in [0.2, 0.25) is 0 Å². The van der Waals surface area contributed by atoms with Crippen LogP contribution in [0.3, 0.4) is 0 Å². The lowest BCUT2D eigenvalue weighted by molar-refractivity contribution is 0.485. The highest BCUT2D eigenvalue weighted by Crippen LogP contribution is 2.36. The first-order chi connectivity index (χ1) is 13.2. The lowest BCUT2D eigenvalue weighted by atomic mass is 10.0. The smallest absolute Gasteiger partial charge is 0.247 e.